The Morgan fingerprint density at radius 2 is 0.808 bits per heavy atom. The Morgan fingerprint density at radius 1 is 0.423 bits per heavy atom. The van der Waals surface area contributed by atoms with E-state index in [-0.39, 0.29) is 25.2 Å². The lowest BCUT2D eigenvalue weighted by atomic mass is 10.1. The molecule has 0 heterocycles. The molecule has 1 unspecified atom stereocenters. The van der Waals surface area contributed by atoms with Gasteiger partial charge in [-0.3, -0.25) is 9.59 Å². The number of hydrogen-bond donors (Lipinski definition) is 0. The number of ether oxygens (including phenoxy) is 3. The molecule has 0 aliphatic rings. The topological polar surface area (TPSA) is 61.8 Å². The van der Waals surface area contributed by atoms with E-state index in [1.54, 1.807) is 0 Å². The molecule has 5 nitrogen and oxygen atoms in total. The van der Waals surface area contributed by atoms with Crippen molar-refractivity contribution in [2.45, 2.75) is 232 Å². The van der Waals surface area contributed by atoms with E-state index in [2.05, 4.69) is 57.2 Å². The standard InChI is InChI=1S/C47H86O5/c1-4-7-10-13-16-18-20-22-23-24-25-27-28-30-32-34-37-40-46(48)51-44-45(43-50-42-39-36-15-12-9-6-3)52-47(49)41-38-35-33-31-29-26-21-19-17-14-11-8-5-2/h16,18-19,21-23,45H,4-15,17,20,24-44H2,1-3H3/b18-16-,21-19-,23-22-. The summed E-state index contributed by atoms with van der Waals surface area (Å²) in [5.41, 5.74) is 0. The van der Waals surface area contributed by atoms with Crippen LogP contribution in [0.4, 0.5) is 0 Å². The first-order valence-corrected chi connectivity index (χ1v) is 22.5. The molecule has 0 aromatic carbocycles. The van der Waals surface area contributed by atoms with Crippen LogP contribution in [0.1, 0.15) is 226 Å². The summed E-state index contributed by atoms with van der Waals surface area (Å²) >= 11 is 0. The van der Waals surface area contributed by atoms with Gasteiger partial charge in [-0.05, 0) is 77.0 Å². The fraction of sp³-hybridized carbons (Fsp3) is 0.830. The molecule has 0 aliphatic carbocycles. The molecule has 0 bridgehead atoms. The van der Waals surface area contributed by atoms with Crippen molar-refractivity contribution in [1.29, 1.82) is 0 Å². The van der Waals surface area contributed by atoms with Crippen molar-refractivity contribution in [3.63, 3.8) is 0 Å². The summed E-state index contributed by atoms with van der Waals surface area (Å²) in [6.45, 7) is 7.74. The van der Waals surface area contributed by atoms with Gasteiger partial charge < -0.3 is 14.2 Å². The first kappa shape index (κ1) is 50.1. The molecule has 0 saturated carbocycles. The van der Waals surface area contributed by atoms with Crippen LogP contribution in [0.15, 0.2) is 36.5 Å². The predicted octanol–water partition coefficient (Wildman–Crippen LogP) is 14.7. The number of allylic oxidation sites excluding steroid dienone is 6. The highest BCUT2D eigenvalue weighted by atomic mass is 16.6. The van der Waals surface area contributed by atoms with E-state index < -0.39 is 6.10 Å². The Hall–Kier alpha value is -1.88. The minimum atomic E-state index is -0.535. The summed E-state index contributed by atoms with van der Waals surface area (Å²) in [6.07, 6.45) is 50.0. The molecule has 0 aliphatic heterocycles. The molecule has 0 amide bonds. The normalized spacial score (nSPS) is 12.4. The predicted molar refractivity (Wildman–Crippen MR) is 224 cm³/mol. The molecule has 0 fully saturated rings. The lowest BCUT2D eigenvalue weighted by Crippen LogP contribution is -2.30. The van der Waals surface area contributed by atoms with Crippen LogP contribution in [0, 0.1) is 0 Å². The molecular weight excluding hydrogens is 645 g/mol. The largest absolute Gasteiger partial charge is 0.462 e. The highest BCUT2D eigenvalue weighted by molar-refractivity contribution is 5.70. The maximum atomic E-state index is 12.6. The number of carbonyl (C=O) groups excluding carboxylic acids is 2. The lowest BCUT2D eigenvalue weighted by molar-refractivity contribution is -0.163. The zero-order chi connectivity index (χ0) is 37.8. The minimum absolute atomic E-state index is 0.0802. The third kappa shape index (κ3) is 40.9. The Kier molecular flexibility index (Phi) is 42.0. The maximum absolute atomic E-state index is 12.6. The molecule has 1 atom stereocenters. The first-order chi connectivity index (χ1) is 25.6. The second kappa shape index (κ2) is 43.5. The van der Waals surface area contributed by atoms with Crippen molar-refractivity contribution < 1.29 is 23.8 Å². The number of rotatable bonds is 41. The molecule has 0 spiro atoms. The molecule has 0 saturated heterocycles. The van der Waals surface area contributed by atoms with E-state index >= 15 is 0 Å². The smallest absolute Gasteiger partial charge is 0.306 e. The van der Waals surface area contributed by atoms with Crippen LogP contribution in [0.25, 0.3) is 0 Å². The molecule has 52 heavy (non-hydrogen) atoms. The van der Waals surface area contributed by atoms with Crippen molar-refractivity contribution in [3.8, 4) is 0 Å². The quantitative estimate of drug-likeness (QED) is 0.0356. The summed E-state index contributed by atoms with van der Waals surface area (Å²) < 4.78 is 17.2. The van der Waals surface area contributed by atoms with Gasteiger partial charge in [-0.25, -0.2) is 0 Å². The van der Waals surface area contributed by atoms with Gasteiger partial charge in [-0.1, -0.05) is 173 Å². The van der Waals surface area contributed by atoms with Crippen molar-refractivity contribution in [2.75, 3.05) is 19.8 Å². The van der Waals surface area contributed by atoms with Gasteiger partial charge >= 0.3 is 11.9 Å². The number of carbonyl (C=O) groups is 2. The third-order valence-corrected chi connectivity index (χ3v) is 9.65. The van der Waals surface area contributed by atoms with E-state index in [9.17, 15) is 9.59 Å². The number of esters is 2. The zero-order valence-corrected chi connectivity index (χ0v) is 34.8. The van der Waals surface area contributed by atoms with Crippen LogP contribution < -0.4 is 0 Å². The van der Waals surface area contributed by atoms with Crippen LogP contribution in [-0.2, 0) is 23.8 Å². The van der Waals surface area contributed by atoms with Gasteiger partial charge in [0.15, 0.2) is 6.10 Å². The summed E-state index contributed by atoms with van der Waals surface area (Å²) in [5.74, 6) is -0.414. The Labute approximate surface area is 323 Å². The minimum Gasteiger partial charge on any atom is -0.462 e. The molecule has 0 radical (unpaired) electrons. The van der Waals surface area contributed by atoms with E-state index in [1.807, 2.05) is 0 Å². The van der Waals surface area contributed by atoms with Crippen LogP contribution >= 0.6 is 0 Å². The maximum Gasteiger partial charge on any atom is 0.306 e. The summed E-state index contributed by atoms with van der Waals surface area (Å²) in [4.78, 5) is 25.1. The van der Waals surface area contributed by atoms with Gasteiger partial charge in [0.05, 0.1) is 6.61 Å². The van der Waals surface area contributed by atoms with Crippen LogP contribution in [0.5, 0.6) is 0 Å². The highest BCUT2D eigenvalue weighted by Gasteiger charge is 2.17. The van der Waals surface area contributed by atoms with Crippen molar-refractivity contribution in [1.82, 2.24) is 0 Å². The molecule has 0 rings (SSSR count). The van der Waals surface area contributed by atoms with Gasteiger partial charge in [-0.2, -0.15) is 0 Å². The molecule has 0 N–H and O–H groups in total. The monoisotopic (exact) mass is 731 g/mol. The lowest BCUT2D eigenvalue weighted by Gasteiger charge is -2.18. The fourth-order valence-corrected chi connectivity index (χ4v) is 6.24. The summed E-state index contributed by atoms with van der Waals surface area (Å²) in [6, 6.07) is 0. The van der Waals surface area contributed by atoms with Crippen LogP contribution in [0.3, 0.4) is 0 Å². The summed E-state index contributed by atoms with van der Waals surface area (Å²) in [7, 11) is 0. The fourth-order valence-electron chi connectivity index (χ4n) is 6.24. The van der Waals surface area contributed by atoms with E-state index in [0.29, 0.717) is 19.4 Å². The Morgan fingerprint density at radius 3 is 1.35 bits per heavy atom. The van der Waals surface area contributed by atoms with E-state index in [4.69, 9.17) is 14.2 Å². The third-order valence-electron chi connectivity index (χ3n) is 9.65. The summed E-state index contributed by atoms with van der Waals surface area (Å²) in [5, 5.41) is 0. The Balaban J connectivity index is 4.12. The van der Waals surface area contributed by atoms with Gasteiger partial charge in [0.1, 0.15) is 6.61 Å². The highest BCUT2D eigenvalue weighted by Crippen LogP contribution is 2.13. The molecule has 0 aromatic heterocycles. The SMILES string of the molecule is CCCCC/C=C\C/C=C\CCCCCCCCCC(=O)OCC(COCCCCCCCC)OC(=O)CCCCCCC/C=C\CCCCCC. The second-order valence-corrected chi connectivity index (χ2v) is 15.0. The average Bonchev–Trinajstić information content (AvgIpc) is 3.14. The second-order valence-electron chi connectivity index (χ2n) is 15.0. The van der Waals surface area contributed by atoms with Crippen molar-refractivity contribution >= 4 is 11.9 Å². The van der Waals surface area contributed by atoms with Gasteiger partial charge in [0.25, 0.3) is 0 Å². The van der Waals surface area contributed by atoms with Gasteiger partial charge in [-0.15, -0.1) is 0 Å². The Bertz CT molecular complexity index is 832. The molecular formula is C47H86O5. The molecule has 0 aromatic rings. The van der Waals surface area contributed by atoms with Crippen molar-refractivity contribution in [3.05, 3.63) is 36.5 Å². The number of unbranched alkanes of at least 4 members (excludes halogenated alkanes) is 24. The van der Waals surface area contributed by atoms with E-state index in [0.717, 1.165) is 64.2 Å². The zero-order valence-electron chi connectivity index (χ0n) is 34.8. The van der Waals surface area contributed by atoms with Gasteiger partial charge in [0.2, 0.25) is 0 Å². The van der Waals surface area contributed by atoms with Gasteiger partial charge in [0, 0.05) is 19.4 Å². The first-order valence-electron chi connectivity index (χ1n) is 22.5. The van der Waals surface area contributed by atoms with Crippen LogP contribution in [-0.4, -0.2) is 37.9 Å². The molecule has 5 heteroatoms. The molecule has 304 valence electrons. The van der Waals surface area contributed by atoms with Crippen molar-refractivity contribution in [2.24, 2.45) is 0 Å². The number of hydrogen-bond acceptors (Lipinski definition) is 5. The van der Waals surface area contributed by atoms with Crippen LogP contribution in [0.2, 0.25) is 0 Å². The average molecular weight is 731 g/mol. The van der Waals surface area contributed by atoms with E-state index in [1.165, 1.54) is 128 Å².